The van der Waals surface area contributed by atoms with E-state index in [1.54, 1.807) is 6.20 Å². The Morgan fingerprint density at radius 1 is 1.53 bits per heavy atom. The quantitative estimate of drug-likeness (QED) is 0.813. The molecule has 0 aliphatic heterocycles. The van der Waals surface area contributed by atoms with E-state index < -0.39 is 0 Å². The van der Waals surface area contributed by atoms with Crippen LogP contribution in [-0.4, -0.2) is 16.7 Å². The topological polar surface area (TPSA) is 57.8 Å². The third-order valence-corrected chi connectivity index (χ3v) is 3.71. The van der Waals surface area contributed by atoms with Crippen LogP contribution in [0.15, 0.2) is 15.5 Å². The molecule has 2 N–H and O–H groups in total. The Hall–Kier alpha value is -0.840. The Morgan fingerprint density at radius 2 is 2.29 bits per heavy atom. The minimum absolute atomic E-state index is 0.198. The molecule has 96 valence electrons. The summed E-state index contributed by atoms with van der Waals surface area (Å²) in [7, 11) is 0. The van der Waals surface area contributed by atoms with Crippen LogP contribution in [0.2, 0.25) is 0 Å². The molecule has 1 aromatic rings. The maximum absolute atomic E-state index is 11.3. The third-order valence-electron chi connectivity index (χ3n) is 2.92. The lowest BCUT2D eigenvalue weighted by molar-refractivity contribution is 0.472. The Balaban J connectivity index is 2.53. The zero-order valence-electron chi connectivity index (χ0n) is 10.4. The SMILES string of the molecule is CCCCC(CC)CNc1cn[nH]c(=O)c1Br. The monoisotopic (exact) mass is 301 g/mol. The summed E-state index contributed by atoms with van der Waals surface area (Å²) in [6.07, 6.45) is 6.51. The number of unbranched alkanes of at least 4 members (excludes halogenated alkanes) is 1. The molecule has 0 radical (unpaired) electrons. The first-order valence-electron chi connectivity index (χ1n) is 6.16. The van der Waals surface area contributed by atoms with Gasteiger partial charge in [-0.15, -0.1) is 0 Å². The van der Waals surface area contributed by atoms with Crippen LogP contribution in [0.25, 0.3) is 0 Å². The smallest absolute Gasteiger partial charge is 0.280 e. The fourth-order valence-corrected chi connectivity index (χ4v) is 2.04. The summed E-state index contributed by atoms with van der Waals surface area (Å²) >= 11 is 3.26. The van der Waals surface area contributed by atoms with E-state index in [1.807, 2.05) is 0 Å². The van der Waals surface area contributed by atoms with Crippen molar-refractivity contribution in [3.05, 3.63) is 21.0 Å². The molecule has 4 nitrogen and oxygen atoms in total. The molecule has 0 fully saturated rings. The summed E-state index contributed by atoms with van der Waals surface area (Å²) in [5, 5.41) is 9.45. The highest BCUT2D eigenvalue weighted by atomic mass is 79.9. The van der Waals surface area contributed by atoms with Crippen molar-refractivity contribution in [2.24, 2.45) is 5.92 Å². The number of nitrogens with zero attached hydrogens (tertiary/aromatic N) is 1. The molecule has 0 aliphatic rings. The van der Waals surface area contributed by atoms with E-state index in [0.717, 1.165) is 18.7 Å². The number of hydrogen-bond acceptors (Lipinski definition) is 3. The molecule has 17 heavy (non-hydrogen) atoms. The summed E-state index contributed by atoms with van der Waals surface area (Å²) in [5.74, 6) is 0.654. The molecule has 0 saturated heterocycles. The summed E-state index contributed by atoms with van der Waals surface area (Å²) in [6, 6.07) is 0. The Kier molecular flexibility index (Phi) is 6.26. The fraction of sp³-hybridized carbons (Fsp3) is 0.667. The van der Waals surface area contributed by atoms with E-state index >= 15 is 0 Å². The predicted molar refractivity (Wildman–Crippen MR) is 74.4 cm³/mol. The van der Waals surface area contributed by atoms with Gasteiger partial charge in [0.1, 0.15) is 4.47 Å². The van der Waals surface area contributed by atoms with E-state index in [-0.39, 0.29) is 5.56 Å². The maximum atomic E-state index is 11.3. The molecule has 1 atom stereocenters. The molecule has 0 saturated carbocycles. The summed E-state index contributed by atoms with van der Waals surface area (Å²) in [5.41, 5.74) is 0.570. The lowest BCUT2D eigenvalue weighted by Gasteiger charge is -2.16. The van der Waals surface area contributed by atoms with Gasteiger partial charge in [-0.05, 0) is 28.3 Å². The van der Waals surface area contributed by atoms with Crippen molar-refractivity contribution in [3.8, 4) is 0 Å². The van der Waals surface area contributed by atoms with Crippen LogP contribution in [0, 0.1) is 5.92 Å². The van der Waals surface area contributed by atoms with Gasteiger partial charge in [0.15, 0.2) is 0 Å². The first-order valence-corrected chi connectivity index (χ1v) is 6.95. The van der Waals surface area contributed by atoms with Crippen molar-refractivity contribution in [3.63, 3.8) is 0 Å². The fourth-order valence-electron chi connectivity index (χ4n) is 1.70. The number of nitrogens with one attached hydrogen (secondary N) is 2. The number of hydrogen-bond donors (Lipinski definition) is 2. The van der Waals surface area contributed by atoms with Gasteiger partial charge in [-0.3, -0.25) is 4.79 Å². The van der Waals surface area contributed by atoms with Gasteiger partial charge in [0.2, 0.25) is 0 Å². The zero-order chi connectivity index (χ0) is 12.7. The highest BCUT2D eigenvalue weighted by Gasteiger charge is 2.08. The number of H-pyrrole nitrogens is 1. The molecule has 0 aliphatic carbocycles. The van der Waals surface area contributed by atoms with Gasteiger partial charge in [-0.2, -0.15) is 5.10 Å². The van der Waals surface area contributed by atoms with E-state index in [9.17, 15) is 4.79 Å². The van der Waals surface area contributed by atoms with Crippen molar-refractivity contribution < 1.29 is 0 Å². The number of anilines is 1. The molecule has 0 bridgehead atoms. The standard InChI is InChI=1S/C12H20BrN3O/c1-3-5-6-9(4-2)7-14-10-8-15-16-12(17)11(10)13/h8-9H,3-7H2,1-2H3,(H2,14,16,17). The minimum Gasteiger partial charge on any atom is -0.382 e. The van der Waals surface area contributed by atoms with Crippen molar-refractivity contribution in [1.29, 1.82) is 0 Å². The predicted octanol–water partition coefficient (Wildman–Crippen LogP) is 3.16. The number of aromatic nitrogens is 2. The second-order valence-electron chi connectivity index (χ2n) is 4.22. The molecule has 1 rings (SSSR count). The molecular formula is C12H20BrN3O. The second kappa shape index (κ2) is 7.48. The van der Waals surface area contributed by atoms with Gasteiger partial charge >= 0.3 is 0 Å². The second-order valence-corrected chi connectivity index (χ2v) is 5.02. The van der Waals surface area contributed by atoms with Crippen molar-refractivity contribution in [2.75, 3.05) is 11.9 Å². The van der Waals surface area contributed by atoms with Gasteiger partial charge in [0, 0.05) is 6.54 Å². The van der Waals surface area contributed by atoms with Gasteiger partial charge in [0.05, 0.1) is 11.9 Å². The highest BCUT2D eigenvalue weighted by molar-refractivity contribution is 9.10. The molecule has 5 heteroatoms. The van der Waals surface area contributed by atoms with Crippen LogP contribution >= 0.6 is 15.9 Å². The van der Waals surface area contributed by atoms with Crippen LogP contribution in [0.4, 0.5) is 5.69 Å². The molecule has 0 amide bonds. The number of aromatic amines is 1. The molecule has 0 spiro atoms. The van der Waals surface area contributed by atoms with Gasteiger partial charge in [-0.25, -0.2) is 5.10 Å². The van der Waals surface area contributed by atoms with Crippen molar-refractivity contribution in [1.82, 2.24) is 10.2 Å². The van der Waals surface area contributed by atoms with Crippen LogP contribution in [0.1, 0.15) is 39.5 Å². The van der Waals surface area contributed by atoms with Crippen LogP contribution in [0.3, 0.4) is 0 Å². The minimum atomic E-state index is -0.198. The van der Waals surface area contributed by atoms with Crippen LogP contribution in [-0.2, 0) is 0 Å². The summed E-state index contributed by atoms with van der Waals surface area (Å²) < 4.78 is 0.526. The Labute approximate surface area is 110 Å². The zero-order valence-corrected chi connectivity index (χ0v) is 12.0. The number of rotatable bonds is 7. The van der Waals surface area contributed by atoms with Crippen LogP contribution < -0.4 is 10.9 Å². The third kappa shape index (κ3) is 4.50. The van der Waals surface area contributed by atoms with Gasteiger partial charge in [0.25, 0.3) is 5.56 Å². The maximum Gasteiger partial charge on any atom is 0.280 e. The molecular weight excluding hydrogens is 282 g/mol. The summed E-state index contributed by atoms with van der Waals surface area (Å²) in [4.78, 5) is 11.3. The largest absolute Gasteiger partial charge is 0.382 e. The van der Waals surface area contributed by atoms with E-state index in [2.05, 4.69) is 45.3 Å². The average molecular weight is 302 g/mol. The molecule has 1 unspecified atom stereocenters. The van der Waals surface area contributed by atoms with E-state index in [0.29, 0.717) is 10.4 Å². The Morgan fingerprint density at radius 3 is 2.94 bits per heavy atom. The Bertz CT molecular complexity index is 392. The van der Waals surface area contributed by atoms with Crippen molar-refractivity contribution in [2.45, 2.75) is 39.5 Å². The first kappa shape index (κ1) is 14.2. The van der Waals surface area contributed by atoms with Crippen LogP contribution in [0.5, 0.6) is 0 Å². The molecule has 0 aromatic carbocycles. The molecule has 1 aromatic heterocycles. The van der Waals surface area contributed by atoms with Gasteiger partial charge in [-0.1, -0.05) is 33.1 Å². The van der Waals surface area contributed by atoms with Gasteiger partial charge < -0.3 is 5.32 Å². The van der Waals surface area contributed by atoms with E-state index in [4.69, 9.17) is 0 Å². The number of halogens is 1. The lowest BCUT2D eigenvalue weighted by Crippen LogP contribution is -2.17. The van der Waals surface area contributed by atoms with E-state index in [1.165, 1.54) is 19.3 Å². The molecule has 1 heterocycles. The normalized spacial score (nSPS) is 12.4. The lowest BCUT2D eigenvalue weighted by atomic mass is 9.99. The highest BCUT2D eigenvalue weighted by Crippen LogP contribution is 2.18. The van der Waals surface area contributed by atoms with Crippen molar-refractivity contribution >= 4 is 21.6 Å². The first-order chi connectivity index (χ1) is 8.19. The average Bonchev–Trinajstić information content (AvgIpc) is 2.34. The summed E-state index contributed by atoms with van der Waals surface area (Å²) in [6.45, 7) is 5.30.